The van der Waals surface area contributed by atoms with Crippen molar-refractivity contribution in [3.63, 3.8) is 0 Å². The number of nitrogens with one attached hydrogen (secondary N) is 2. The Bertz CT molecular complexity index is 1150. The van der Waals surface area contributed by atoms with E-state index in [0.29, 0.717) is 18.7 Å². The maximum Gasteiger partial charge on any atom is 0.435 e. The number of benzene rings is 1. The van der Waals surface area contributed by atoms with Crippen molar-refractivity contribution in [2.45, 2.75) is 44.8 Å². The summed E-state index contributed by atoms with van der Waals surface area (Å²) >= 11 is 0. The first-order valence-corrected chi connectivity index (χ1v) is 12.5. The molecule has 1 aliphatic rings. The highest BCUT2D eigenvalue weighted by Gasteiger charge is 2.34. The van der Waals surface area contributed by atoms with Gasteiger partial charge in [-0.15, -0.1) is 5.10 Å². The van der Waals surface area contributed by atoms with Crippen molar-refractivity contribution in [2.75, 3.05) is 29.0 Å². The number of hydrogen-bond donors (Lipinski definition) is 2. The van der Waals surface area contributed by atoms with Crippen LogP contribution in [0.3, 0.4) is 0 Å². The predicted octanol–water partition coefficient (Wildman–Crippen LogP) is 3.42. The normalized spacial score (nSPS) is 15.6. The lowest BCUT2D eigenvalue weighted by molar-refractivity contribution is -0.141. The number of piperidine rings is 1. The van der Waals surface area contributed by atoms with E-state index in [2.05, 4.69) is 15.5 Å². The molecule has 1 aromatic carbocycles. The second-order valence-electron chi connectivity index (χ2n) is 8.16. The maximum absolute atomic E-state index is 14.3. The molecule has 13 heteroatoms. The number of halogens is 4. The molecule has 2 N–H and O–H groups in total. The molecule has 34 heavy (non-hydrogen) atoms. The summed E-state index contributed by atoms with van der Waals surface area (Å²) in [7, 11) is -3.67. The van der Waals surface area contributed by atoms with E-state index in [1.807, 2.05) is 4.72 Å². The number of amides is 1. The molecule has 0 radical (unpaired) electrons. The van der Waals surface area contributed by atoms with Gasteiger partial charge in [-0.1, -0.05) is 6.07 Å². The Kier molecular flexibility index (Phi) is 7.64. The third-order valence-electron chi connectivity index (χ3n) is 5.45. The Labute approximate surface area is 194 Å². The third kappa shape index (κ3) is 6.55. The molecule has 1 aliphatic heterocycles. The van der Waals surface area contributed by atoms with Crippen molar-refractivity contribution in [1.82, 2.24) is 15.5 Å². The molecule has 1 amide bonds. The molecule has 2 aromatic rings. The largest absolute Gasteiger partial charge is 0.435 e. The second kappa shape index (κ2) is 10.1. The predicted molar refractivity (Wildman–Crippen MR) is 118 cm³/mol. The van der Waals surface area contributed by atoms with Gasteiger partial charge in [0.05, 0.1) is 30.1 Å². The first-order valence-electron chi connectivity index (χ1n) is 10.6. The van der Waals surface area contributed by atoms with Gasteiger partial charge >= 0.3 is 6.18 Å². The topological polar surface area (TPSA) is 104 Å². The number of anilines is 2. The summed E-state index contributed by atoms with van der Waals surface area (Å²) in [5, 5.41) is 9.63. The molecule has 1 aromatic heterocycles. The number of rotatable bonds is 7. The Morgan fingerprint density at radius 1 is 1.15 bits per heavy atom. The average molecular weight is 504 g/mol. The highest BCUT2D eigenvalue weighted by molar-refractivity contribution is 7.92. The summed E-state index contributed by atoms with van der Waals surface area (Å²) in [5.74, 6) is -2.17. The standard InChI is InChI=1S/C21H25F4N5O3S/c1-13(14-6-7-16(15(22)10-14)29-34(2,32)33)20(31)26-12-17-18(30-8-4-3-5-9-30)11-19(28-27-17)21(23,24)25/h6-7,10-11,13,29H,3-5,8-9,12H2,1-2H3,(H,26,31). The fraction of sp³-hybridized carbons (Fsp3) is 0.476. The summed E-state index contributed by atoms with van der Waals surface area (Å²) in [4.78, 5) is 14.5. The van der Waals surface area contributed by atoms with E-state index in [1.165, 1.54) is 19.1 Å². The Balaban J connectivity index is 1.75. The van der Waals surface area contributed by atoms with Gasteiger partial charge in [-0.05, 0) is 49.9 Å². The molecule has 0 bridgehead atoms. The molecule has 1 saturated heterocycles. The van der Waals surface area contributed by atoms with Crippen molar-refractivity contribution in [3.8, 4) is 0 Å². The van der Waals surface area contributed by atoms with Gasteiger partial charge in [0.2, 0.25) is 15.9 Å². The smallest absolute Gasteiger partial charge is 0.370 e. The molecular weight excluding hydrogens is 478 g/mol. The fourth-order valence-corrected chi connectivity index (χ4v) is 4.20. The van der Waals surface area contributed by atoms with Crippen LogP contribution in [-0.2, 0) is 27.5 Å². The van der Waals surface area contributed by atoms with E-state index in [9.17, 15) is 30.8 Å². The van der Waals surface area contributed by atoms with Crippen LogP contribution in [0.1, 0.15) is 49.1 Å². The van der Waals surface area contributed by atoms with E-state index in [4.69, 9.17) is 0 Å². The van der Waals surface area contributed by atoms with Crippen molar-refractivity contribution >= 4 is 27.3 Å². The number of aromatic nitrogens is 2. The van der Waals surface area contributed by atoms with Crippen LogP contribution >= 0.6 is 0 Å². The van der Waals surface area contributed by atoms with Gasteiger partial charge in [0, 0.05) is 13.1 Å². The van der Waals surface area contributed by atoms with Gasteiger partial charge in [-0.3, -0.25) is 9.52 Å². The highest BCUT2D eigenvalue weighted by Crippen LogP contribution is 2.32. The lowest BCUT2D eigenvalue weighted by atomic mass is 9.99. The molecule has 186 valence electrons. The average Bonchev–Trinajstić information content (AvgIpc) is 2.77. The maximum atomic E-state index is 14.3. The minimum Gasteiger partial charge on any atom is -0.370 e. The number of carbonyl (C=O) groups excluding carboxylic acids is 1. The van der Waals surface area contributed by atoms with Crippen molar-refractivity contribution in [3.05, 3.63) is 47.0 Å². The van der Waals surface area contributed by atoms with E-state index in [1.54, 1.807) is 4.90 Å². The van der Waals surface area contributed by atoms with Crippen LogP contribution in [0.25, 0.3) is 0 Å². The van der Waals surface area contributed by atoms with Crippen molar-refractivity contribution in [2.24, 2.45) is 0 Å². The van der Waals surface area contributed by atoms with Crippen LogP contribution in [0.15, 0.2) is 24.3 Å². The number of nitrogens with zero attached hydrogens (tertiary/aromatic N) is 3. The summed E-state index contributed by atoms with van der Waals surface area (Å²) in [6.45, 7) is 2.52. The molecule has 1 fully saturated rings. The first-order chi connectivity index (χ1) is 15.8. The molecular formula is C21H25F4N5O3S. The Morgan fingerprint density at radius 2 is 1.82 bits per heavy atom. The van der Waals surface area contributed by atoms with Crippen LogP contribution in [-0.4, -0.2) is 43.9 Å². The number of alkyl halides is 3. The Morgan fingerprint density at radius 3 is 2.41 bits per heavy atom. The zero-order valence-electron chi connectivity index (χ0n) is 18.6. The third-order valence-corrected chi connectivity index (χ3v) is 6.04. The SMILES string of the molecule is CC(C(=O)NCc1nnc(C(F)(F)F)cc1N1CCCCC1)c1ccc(NS(C)(=O)=O)c(F)c1. The van der Waals surface area contributed by atoms with E-state index in [-0.39, 0.29) is 23.6 Å². The summed E-state index contributed by atoms with van der Waals surface area (Å²) in [5.41, 5.74) is -0.574. The molecule has 0 aliphatic carbocycles. The lowest BCUT2D eigenvalue weighted by Gasteiger charge is -2.30. The molecule has 3 rings (SSSR count). The van der Waals surface area contributed by atoms with Crippen LogP contribution in [0, 0.1) is 5.82 Å². The Hall–Kier alpha value is -2.96. The minimum atomic E-state index is -4.64. The molecule has 0 spiro atoms. The van der Waals surface area contributed by atoms with Crippen molar-refractivity contribution < 1.29 is 30.8 Å². The van der Waals surface area contributed by atoms with Gasteiger partial charge in [0.15, 0.2) is 5.69 Å². The fourth-order valence-electron chi connectivity index (χ4n) is 3.64. The molecule has 1 atom stereocenters. The zero-order valence-corrected chi connectivity index (χ0v) is 19.4. The quantitative estimate of drug-likeness (QED) is 0.562. The van der Waals surface area contributed by atoms with Crippen LogP contribution in [0.2, 0.25) is 0 Å². The van der Waals surface area contributed by atoms with E-state index in [0.717, 1.165) is 37.7 Å². The first kappa shape index (κ1) is 25.7. The van der Waals surface area contributed by atoms with E-state index < -0.39 is 39.5 Å². The minimum absolute atomic E-state index is 0.156. The van der Waals surface area contributed by atoms with Crippen molar-refractivity contribution in [1.29, 1.82) is 0 Å². The molecule has 0 saturated carbocycles. The molecule has 8 nitrogen and oxygen atoms in total. The van der Waals surface area contributed by atoms with Crippen LogP contribution < -0.4 is 14.9 Å². The highest BCUT2D eigenvalue weighted by atomic mass is 32.2. The van der Waals surface area contributed by atoms with Gasteiger partial charge < -0.3 is 10.2 Å². The summed E-state index contributed by atoms with van der Waals surface area (Å²) < 4.78 is 78.4. The molecule has 1 unspecified atom stereocenters. The monoisotopic (exact) mass is 503 g/mol. The van der Waals surface area contributed by atoms with Crippen LogP contribution in [0.4, 0.5) is 28.9 Å². The number of carbonyl (C=O) groups is 1. The summed E-state index contributed by atoms with van der Waals surface area (Å²) in [6.07, 6.45) is -1.10. The number of hydrogen-bond acceptors (Lipinski definition) is 6. The van der Waals surface area contributed by atoms with Gasteiger partial charge in [-0.2, -0.15) is 18.3 Å². The van der Waals surface area contributed by atoms with Gasteiger partial charge in [0.1, 0.15) is 11.5 Å². The van der Waals surface area contributed by atoms with Gasteiger partial charge in [0.25, 0.3) is 0 Å². The second-order valence-corrected chi connectivity index (χ2v) is 9.91. The summed E-state index contributed by atoms with van der Waals surface area (Å²) in [6, 6.07) is 4.63. The molecule has 2 heterocycles. The van der Waals surface area contributed by atoms with Gasteiger partial charge in [-0.25, -0.2) is 12.8 Å². The number of sulfonamides is 1. The van der Waals surface area contributed by atoms with Crippen LogP contribution in [0.5, 0.6) is 0 Å². The lowest BCUT2D eigenvalue weighted by Crippen LogP contribution is -2.33. The van der Waals surface area contributed by atoms with E-state index >= 15 is 0 Å². The zero-order chi connectivity index (χ0) is 25.1.